The predicted molar refractivity (Wildman–Crippen MR) is 81.8 cm³/mol. The fourth-order valence-electron chi connectivity index (χ4n) is 2.41. The van der Waals surface area contributed by atoms with E-state index in [1.54, 1.807) is 18.2 Å². The Hall–Kier alpha value is -0.800. The van der Waals surface area contributed by atoms with E-state index in [9.17, 15) is 8.42 Å². The molecule has 0 bridgehead atoms. The summed E-state index contributed by atoms with van der Waals surface area (Å²) in [6.07, 6.45) is -0.483. The first-order valence-electron chi connectivity index (χ1n) is 6.45. The Bertz CT molecular complexity index is 731. The molecule has 3 rings (SSSR count). The normalized spacial score (nSPS) is 25.6. The highest BCUT2D eigenvalue weighted by molar-refractivity contribution is 7.89. The van der Waals surface area contributed by atoms with Gasteiger partial charge in [-0.2, -0.15) is 13.0 Å². The molecule has 2 unspecified atom stereocenters. The molecular weight excluding hydrogens is 334 g/mol. The number of hydrogen-bond acceptors (Lipinski definition) is 5. The predicted octanol–water partition coefficient (Wildman–Crippen LogP) is 2.43. The first-order chi connectivity index (χ1) is 10.0. The molecule has 6 nitrogen and oxygen atoms in total. The number of nitrogens with zero attached hydrogens (tertiary/aromatic N) is 3. The van der Waals surface area contributed by atoms with Gasteiger partial charge in [-0.1, -0.05) is 6.07 Å². The molecule has 21 heavy (non-hydrogen) atoms. The molecule has 1 fully saturated rings. The van der Waals surface area contributed by atoms with Crippen LogP contribution in [-0.4, -0.2) is 43.9 Å². The van der Waals surface area contributed by atoms with Gasteiger partial charge in [-0.25, -0.2) is 8.42 Å². The second kappa shape index (κ2) is 5.77. The summed E-state index contributed by atoms with van der Waals surface area (Å²) in [5, 5.41) is 0. The van der Waals surface area contributed by atoms with Crippen LogP contribution in [0.25, 0.3) is 0 Å². The summed E-state index contributed by atoms with van der Waals surface area (Å²) in [7, 11) is -3.64. The maximum Gasteiger partial charge on any atom is 0.245 e. The smallest absolute Gasteiger partial charge is 0.245 e. The van der Waals surface area contributed by atoms with Crippen LogP contribution in [-0.2, 0) is 26.1 Å². The van der Waals surface area contributed by atoms with E-state index in [0.29, 0.717) is 17.9 Å². The van der Waals surface area contributed by atoms with Gasteiger partial charge in [0.2, 0.25) is 10.0 Å². The van der Waals surface area contributed by atoms with E-state index in [4.69, 9.17) is 16.3 Å². The summed E-state index contributed by atoms with van der Waals surface area (Å²) < 4.78 is 41.0. The largest absolute Gasteiger partial charge is 0.371 e. The SMILES string of the molecule is CC1CN(S(=O)(=O)c2cccc3c2N=S=N3)CC(CCl)O1. The third kappa shape index (κ3) is 2.78. The Morgan fingerprint density at radius 2 is 2.24 bits per heavy atom. The zero-order chi connectivity index (χ0) is 15.0. The fourth-order valence-corrected chi connectivity index (χ4v) is 4.88. The van der Waals surface area contributed by atoms with Crippen LogP contribution in [0.15, 0.2) is 31.8 Å². The van der Waals surface area contributed by atoms with Crippen LogP contribution in [0.4, 0.5) is 11.4 Å². The van der Waals surface area contributed by atoms with Gasteiger partial charge in [0.15, 0.2) is 0 Å². The van der Waals surface area contributed by atoms with Gasteiger partial charge < -0.3 is 4.74 Å². The van der Waals surface area contributed by atoms with E-state index in [-0.39, 0.29) is 29.5 Å². The van der Waals surface area contributed by atoms with Crippen LogP contribution in [0.2, 0.25) is 0 Å². The highest BCUT2D eigenvalue weighted by Crippen LogP contribution is 2.39. The highest BCUT2D eigenvalue weighted by Gasteiger charge is 2.35. The van der Waals surface area contributed by atoms with Crippen molar-refractivity contribution in [2.45, 2.75) is 24.0 Å². The molecule has 1 aromatic carbocycles. The monoisotopic (exact) mass is 347 g/mol. The van der Waals surface area contributed by atoms with Crippen molar-refractivity contribution in [3.8, 4) is 0 Å². The minimum absolute atomic E-state index is 0.190. The van der Waals surface area contributed by atoms with Crippen LogP contribution >= 0.6 is 11.6 Å². The Balaban J connectivity index is 1.98. The Kier molecular flexibility index (Phi) is 4.15. The topological polar surface area (TPSA) is 71.3 Å². The number of fused-ring (bicyclic) bond motifs is 1. The number of alkyl halides is 1. The minimum atomic E-state index is -3.64. The van der Waals surface area contributed by atoms with E-state index in [1.807, 2.05) is 6.92 Å². The van der Waals surface area contributed by atoms with Crippen molar-refractivity contribution < 1.29 is 13.2 Å². The van der Waals surface area contributed by atoms with Gasteiger partial charge in [-0.05, 0) is 19.1 Å². The van der Waals surface area contributed by atoms with Crippen molar-refractivity contribution in [2.24, 2.45) is 8.73 Å². The van der Waals surface area contributed by atoms with E-state index in [0.717, 1.165) is 11.4 Å². The first-order valence-corrected chi connectivity index (χ1v) is 9.15. The molecule has 2 aliphatic heterocycles. The Labute approximate surface area is 132 Å². The zero-order valence-corrected chi connectivity index (χ0v) is 13.7. The van der Waals surface area contributed by atoms with Crippen molar-refractivity contribution in [3.63, 3.8) is 0 Å². The van der Waals surface area contributed by atoms with E-state index in [2.05, 4.69) is 8.73 Å². The third-order valence-corrected chi connectivity index (χ3v) is 6.08. The molecule has 114 valence electrons. The average molecular weight is 348 g/mol. The molecule has 0 N–H and O–H groups in total. The third-order valence-electron chi connectivity index (χ3n) is 3.33. The highest BCUT2D eigenvalue weighted by atomic mass is 35.5. The first kappa shape index (κ1) is 15.1. The van der Waals surface area contributed by atoms with Gasteiger partial charge in [0, 0.05) is 19.0 Å². The van der Waals surface area contributed by atoms with E-state index < -0.39 is 10.0 Å². The molecule has 1 saturated heterocycles. The number of ether oxygens (including phenoxy) is 1. The summed E-state index contributed by atoms with van der Waals surface area (Å²) in [4.78, 5) is 0.191. The quantitative estimate of drug-likeness (QED) is 0.800. The van der Waals surface area contributed by atoms with Gasteiger partial charge in [-0.3, -0.25) is 0 Å². The van der Waals surface area contributed by atoms with Crippen molar-refractivity contribution in [2.75, 3.05) is 19.0 Å². The number of benzene rings is 1. The molecule has 9 heteroatoms. The Morgan fingerprint density at radius 3 is 3.00 bits per heavy atom. The second-order valence-electron chi connectivity index (χ2n) is 4.93. The van der Waals surface area contributed by atoms with Gasteiger partial charge >= 0.3 is 0 Å². The lowest BCUT2D eigenvalue weighted by molar-refractivity contribution is -0.0423. The summed E-state index contributed by atoms with van der Waals surface area (Å²) in [5.74, 6) is 0.263. The molecule has 2 atom stereocenters. The maximum absolute atomic E-state index is 12.9. The standard InChI is InChI=1S/C12H14ClN3O3S2/c1-8-6-16(7-9(5-13)19-8)21(17,18)11-4-2-3-10-12(11)15-20-14-10/h2-4,8-9H,5-7H2,1H3. The second-order valence-corrected chi connectivity index (χ2v) is 7.68. The summed E-state index contributed by atoms with van der Waals surface area (Å²) >= 11 is 6.82. The molecule has 0 saturated carbocycles. The van der Waals surface area contributed by atoms with E-state index in [1.165, 1.54) is 4.31 Å². The molecule has 0 amide bonds. The average Bonchev–Trinajstić information content (AvgIpc) is 2.94. The van der Waals surface area contributed by atoms with Gasteiger partial charge in [0.05, 0.1) is 23.6 Å². The number of sulfonamides is 1. The van der Waals surface area contributed by atoms with Gasteiger partial charge in [-0.15, -0.1) is 11.6 Å². The Morgan fingerprint density at radius 1 is 1.43 bits per heavy atom. The van der Waals surface area contributed by atoms with Crippen LogP contribution in [0, 0.1) is 0 Å². The molecular formula is C12H14ClN3O3S2. The molecule has 0 radical (unpaired) electrons. The molecule has 0 aliphatic carbocycles. The number of halogens is 1. The van der Waals surface area contributed by atoms with Gasteiger partial charge in [0.1, 0.15) is 16.3 Å². The van der Waals surface area contributed by atoms with Crippen LogP contribution in [0.3, 0.4) is 0 Å². The van der Waals surface area contributed by atoms with Crippen molar-refractivity contribution in [1.29, 1.82) is 0 Å². The molecule has 2 heterocycles. The van der Waals surface area contributed by atoms with Crippen molar-refractivity contribution in [3.05, 3.63) is 18.2 Å². The van der Waals surface area contributed by atoms with Crippen molar-refractivity contribution >= 4 is 44.4 Å². The minimum Gasteiger partial charge on any atom is -0.371 e. The summed E-state index contributed by atoms with van der Waals surface area (Å²) in [5.41, 5.74) is 1.01. The lowest BCUT2D eigenvalue weighted by Gasteiger charge is -2.35. The summed E-state index contributed by atoms with van der Waals surface area (Å²) in [6, 6.07) is 5.00. The molecule has 0 spiro atoms. The fraction of sp³-hybridized carbons (Fsp3) is 0.500. The molecule has 1 aromatic rings. The number of hydrogen-bond donors (Lipinski definition) is 0. The molecule has 0 aromatic heterocycles. The molecule has 2 aliphatic rings. The lowest BCUT2D eigenvalue weighted by atomic mass is 10.3. The van der Waals surface area contributed by atoms with Gasteiger partial charge in [0.25, 0.3) is 0 Å². The number of rotatable bonds is 3. The van der Waals surface area contributed by atoms with Crippen molar-refractivity contribution in [1.82, 2.24) is 4.31 Å². The zero-order valence-electron chi connectivity index (χ0n) is 11.3. The van der Waals surface area contributed by atoms with E-state index >= 15 is 0 Å². The van der Waals surface area contributed by atoms with Crippen LogP contribution in [0.1, 0.15) is 6.92 Å². The van der Waals surface area contributed by atoms with Crippen LogP contribution in [0.5, 0.6) is 0 Å². The lowest BCUT2D eigenvalue weighted by Crippen LogP contribution is -2.49. The number of morpholine rings is 1. The maximum atomic E-state index is 12.9. The van der Waals surface area contributed by atoms with Crippen LogP contribution < -0.4 is 0 Å². The summed E-state index contributed by atoms with van der Waals surface area (Å²) in [6.45, 7) is 2.40.